The normalized spacial score (nSPS) is 17.9. The van der Waals surface area contributed by atoms with Gasteiger partial charge in [-0.1, -0.05) is 17.7 Å². The molecular weight excluding hydrogens is 272 g/mol. The number of ether oxygens (including phenoxy) is 1. The first-order chi connectivity index (χ1) is 9.70. The highest BCUT2D eigenvalue weighted by atomic mass is 35.5. The zero-order chi connectivity index (χ0) is 14.1. The molecule has 106 valence electrons. The third kappa shape index (κ3) is 2.32. The van der Waals surface area contributed by atoms with Crippen molar-refractivity contribution in [2.45, 2.75) is 31.8 Å². The van der Waals surface area contributed by atoms with Crippen LogP contribution in [0.4, 0.5) is 0 Å². The van der Waals surface area contributed by atoms with E-state index in [0.717, 1.165) is 42.1 Å². The zero-order valence-electron chi connectivity index (χ0n) is 11.6. The number of hydrogen-bond donors (Lipinski definition) is 1. The van der Waals surface area contributed by atoms with Gasteiger partial charge < -0.3 is 15.0 Å². The van der Waals surface area contributed by atoms with E-state index in [9.17, 15) is 0 Å². The number of nitrogens with zero attached hydrogens (tertiary/aromatic N) is 1. The Morgan fingerprint density at radius 1 is 1.40 bits per heavy atom. The Morgan fingerprint density at radius 2 is 2.25 bits per heavy atom. The summed E-state index contributed by atoms with van der Waals surface area (Å²) in [7, 11) is 1.68. The van der Waals surface area contributed by atoms with Gasteiger partial charge in [-0.25, -0.2) is 0 Å². The summed E-state index contributed by atoms with van der Waals surface area (Å²) < 4.78 is 7.67. The Morgan fingerprint density at radius 3 is 3.05 bits per heavy atom. The summed E-state index contributed by atoms with van der Waals surface area (Å²) in [5, 5.41) is 0.743. The monoisotopic (exact) mass is 290 g/mol. The van der Waals surface area contributed by atoms with Crippen LogP contribution >= 0.6 is 11.6 Å². The van der Waals surface area contributed by atoms with E-state index in [1.54, 1.807) is 7.11 Å². The molecule has 1 aliphatic rings. The van der Waals surface area contributed by atoms with Crippen LogP contribution in [0.3, 0.4) is 0 Å². The molecule has 1 aromatic heterocycles. The fraction of sp³-hybridized carbons (Fsp3) is 0.375. The first-order valence-electron chi connectivity index (χ1n) is 6.95. The molecule has 2 N–H and O–H groups in total. The van der Waals surface area contributed by atoms with Gasteiger partial charge in [0.25, 0.3) is 0 Å². The fourth-order valence-electron chi connectivity index (χ4n) is 2.99. The summed E-state index contributed by atoms with van der Waals surface area (Å²) >= 11 is 6.32. The lowest BCUT2D eigenvalue weighted by Crippen LogP contribution is -2.18. The van der Waals surface area contributed by atoms with Gasteiger partial charge in [0.05, 0.1) is 13.7 Å². The van der Waals surface area contributed by atoms with Crippen LogP contribution in [-0.4, -0.2) is 11.7 Å². The third-order valence-corrected chi connectivity index (χ3v) is 4.42. The molecule has 1 aliphatic carbocycles. The highest BCUT2D eigenvalue weighted by Gasteiger charge is 2.21. The second kappa shape index (κ2) is 5.51. The Labute approximate surface area is 124 Å². The van der Waals surface area contributed by atoms with E-state index in [0.29, 0.717) is 0 Å². The number of nitrogens with two attached hydrogens (primary N) is 1. The predicted molar refractivity (Wildman–Crippen MR) is 81.4 cm³/mol. The van der Waals surface area contributed by atoms with Crippen molar-refractivity contribution in [2.24, 2.45) is 5.73 Å². The Balaban J connectivity index is 1.97. The summed E-state index contributed by atoms with van der Waals surface area (Å²) in [6, 6.07) is 8.08. The zero-order valence-corrected chi connectivity index (χ0v) is 12.4. The number of fused-ring (bicyclic) bond motifs is 1. The SMILES string of the molecule is COc1cccc(Cl)c1Cn1ccc2c1CCCC2N. The molecule has 1 aromatic carbocycles. The van der Waals surface area contributed by atoms with Crippen LogP contribution in [-0.2, 0) is 13.0 Å². The van der Waals surface area contributed by atoms with Crippen molar-refractivity contribution in [3.05, 3.63) is 52.3 Å². The summed E-state index contributed by atoms with van der Waals surface area (Å²) in [6.07, 6.45) is 5.42. The Kier molecular flexibility index (Phi) is 3.72. The molecule has 0 radical (unpaired) electrons. The topological polar surface area (TPSA) is 40.2 Å². The fourth-order valence-corrected chi connectivity index (χ4v) is 3.22. The van der Waals surface area contributed by atoms with Crippen LogP contribution in [0, 0.1) is 0 Å². The summed E-state index contributed by atoms with van der Waals surface area (Å²) in [5.74, 6) is 0.833. The summed E-state index contributed by atoms with van der Waals surface area (Å²) in [4.78, 5) is 0. The van der Waals surface area contributed by atoms with Gasteiger partial charge in [0, 0.05) is 28.5 Å². The number of hydrogen-bond acceptors (Lipinski definition) is 2. The van der Waals surface area contributed by atoms with Crippen molar-refractivity contribution >= 4 is 11.6 Å². The van der Waals surface area contributed by atoms with E-state index in [4.69, 9.17) is 22.1 Å². The lowest BCUT2D eigenvalue weighted by Gasteiger charge is -2.21. The molecule has 1 heterocycles. The maximum atomic E-state index is 6.32. The summed E-state index contributed by atoms with van der Waals surface area (Å²) in [6.45, 7) is 0.727. The van der Waals surface area contributed by atoms with Crippen molar-refractivity contribution in [3.8, 4) is 5.75 Å². The van der Waals surface area contributed by atoms with Crippen LogP contribution in [0.25, 0.3) is 0 Å². The smallest absolute Gasteiger partial charge is 0.125 e. The second-order valence-corrected chi connectivity index (χ2v) is 5.67. The van der Waals surface area contributed by atoms with Gasteiger partial charge in [0.1, 0.15) is 5.75 Å². The lowest BCUT2D eigenvalue weighted by molar-refractivity contribution is 0.408. The van der Waals surface area contributed by atoms with Crippen LogP contribution in [0.5, 0.6) is 5.75 Å². The summed E-state index contributed by atoms with van der Waals surface area (Å²) in [5.41, 5.74) is 9.82. The van der Waals surface area contributed by atoms with E-state index in [1.807, 2.05) is 18.2 Å². The molecule has 4 heteroatoms. The molecule has 3 rings (SSSR count). The molecule has 0 amide bonds. The minimum atomic E-state index is 0.174. The van der Waals surface area contributed by atoms with E-state index < -0.39 is 0 Å². The predicted octanol–water partition coefficient (Wildman–Crippen LogP) is 3.53. The molecule has 3 nitrogen and oxygen atoms in total. The Bertz CT molecular complexity index is 621. The van der Waals surface area contributed by atoms with Crippen molar-refractivity contribution < 1.29 is 4.74 Å². The molecule has 2 aromatic rings. The maximum Gasteiger partial charge on any atom is 0.125 e. The lowest BCUT2D eigenvalue weighted by atomic mass is 9.93. The number of methoxy groups -OCH3 is 1. The van der Waals surface area contributed by atoms with Crippen LogP contribution < -0.4 is 10.5 Å². The highest BCUT2D eigenvalue weighted by Crippen LogP contribution is 2.32. The molecule has 0 saturated carbocycles. The molecule has 1 unspecified atom stereocenters. The van der Waals surface area contributed by atoms with Crippen molar-refractivity contribution in [1.82, 2.24) is 4.57 Å². The molecule has 1 atom stereocenters. The first kappa shape index (κ1) is 13.5. The van der Waals surface area contributed by atoms with Gasteiger partial charge in [-0.2, -0.15) is 0 Å². The molecular formula is C16H19ClN2O. The molecule has 0 spiro atoms. The number of halogens is 1. The maximum absolute atomic E-state index is 6.32. The number of aromatic nitrogens is 1. The van der Waals surface area contributed by atoms with E-state index in [-0.39, 0.29) is 6.04 Å². The van der Waals surface area contributed by atoms with E-state index >= 15 is 0 Å². The molecule has 0 aliphatic heterocycles. The van der Waals surface area contributed by atoms with E-state index in [1.165, 1.54) is 11.3 Å². The van der Waals surface area contributed by atoms with E-state index in [2.05, 4.69) is 16.8 Å². The molecule has 20 heavy (non-hydrogen) atoms. The minimum absolute atomic E-state index is 0.174. The molecule has 0 fully saturated rings. The van der Waals surface area contributed by atoms with Crippen LogP contribution in [0.15, 0.2) is 30.5 Å². The minimum Gasteiger partial charge on any atom is -0.496 e. The van der Waals surface area contributed by atoms with Gasteiger partial charge in [-0.05, 0) is 43.0 Å². The number of rotatable bonds is 3. The molecule has 0 saturated heterocycles. The highest BCUT2D eigenvalue weighted by molar-refractivity contribution is 6.31. The van der Waals surface area contributed by atoms with Crippen LogP contribution in [0.2, 0.25) is 5.02 Å². The van der Waals surface area contributed by atoms with Crippen LogP contribution in [0.1, 0.15) is 35.7 Å². The third-order valence-electron chi connectivity index (χ3n) is 4.07. The van der Waals surface area contributed by atoms with Crippen molar-refractivity contribution in [3.63, 3.8) is 0 Å². The molecule has 0 bridgehead atoms. The standard InChI is InChI=1S/C16H19ClN2O/c1-20-16-7-2-4-13(17)12(16)10-19-9-8-11-14(18)5-3-6-15(11)19/h2,4,7-9,14H,3,5-6,10,18H2,1H3. The average molecular weight is 291 g/mol. The van der Waals surface area contributed by atoms with Crippen molar-refractivity contribution in [1.29, 1.82) is 0 Å². The average Bonchev–Trinajstić information content (AvgIpc) is 2.86. The Hall–Kier alpha value is -1.45. The largest absolute Gasteiger partial charge is 0.496 e. The second-order valence-electron chi connectivity index (χ2n) is 5.27. The van der Waals surface area contributed by atoms with Gasteiger partial charge >= 0.3 is 0 Å². The van der Waals surface area contributed by atoms with Crippen molar-refractivity contribution in [2.75, 3.05) is 7.11 Å². The quantitative estimate of drug-likeness (QED) is 0.939. The first-order valence-corrected chi connectivity index (χ1v) is 7.33. The van der Waals surface area contributed by atoms with Gasteiger partial charge in [-0.15, -0.1) is 0 Å². The van der Waals surface area contributed by atoms with Gasteiger partial charge in [0.2, 0.25) is 0 Å². The van der Waals surface area contributed by atoms with Gasteiger partial charge in [-0.3, -0.25) is 0 Å². The number of benzene rings is 1. The van der Waals surface area contributed by atoms with Gasteiger partial charge in [0.15, 0.2) is 0 Å².